The standard InChI is InChI=1S/C18H28N2O2/c1-14(2)22-16-7-5-4-6-15(16)12-17(21)20-13-18(3)8-10-19-11-9-18/h4-7,14,19H,8-13H2,1-3H3,(H,20,21). The molecule has 0 bridgehead atoms. The van der Waals surface area contributed by atoms with Crippen molar-refractivity contribution in [1.29, 1.82) is 0 Å². The van der Waals surface area contributed by atoms with Gasteiger partial charge in [-0.2, -0.15) is 0 Å². The van der Waals surface area contributed by atoms with E-state index in [-0.39, 0.29) is 17.4 Å². The summed E-state index contributed by atoms with van der Waals surface area (Å²) in [7, 11) is 0. The van der Waals surface area contributed by atoms with Crippen LogP contribution in [0.4, 0.5) is 0 Å². The quantitative estimate of drug-likeness (QED) is 0.849. The molecule has 0 atom stereocenters. The van der Waals surface area contributed by atoms with Crippen molar-refractivity contribution >= 4 is 5.91 Å². The van der Waals surface area contributed by atoms with Crippen molar-refractivity contribution in [2.24, 2.45) is 5.41 Å². The summed E-state index contributed by atoms with van der Waals surface area (Å²) < 4.78 is 5.77. The van der Waals surface area contributed by atoms with Gasteiger partial charge in [0, 0.05) is 12.1 Å². The van der Waals surface area contributed by atoms with Gasteiger partial charge in [0.25, 0.3) is 0 Å². The molecule has 0 aromatic heterocycles. The molecule has 22 heavy (non-hydrogen) atoms. The van der Waals surface area contributed by atoms with Crippen molar-refractivity contribution in [3.8, 4) is 5.75 Å². The topological polar surface area (TPSA) is 50.4 Å². The van der Waals surface area contributed by atoms with Crippen LogP contribution < -0.4 is 15.4 Å². The van der Waals surface area contributed by atoms with Gasteiger partial charge < -0.3 is 15.4 Å². The van der Waals surface area contributed by atoms with Crippen LogP contribution in [0.2, 0.25) is 0 Å². The van der Waals surface area contributed by atoms with E-state index < -0.39 is 0 Å². The fraction of sp³-hybridized carbons (Fsp3) is 0.611. The number of rotatable bonds is 6. The van der Waals surface area contributed by atoms with Crippen molar-refractivity contribution in [3.63, 3.8) is 0 Å². The third kappa shape index (κ3) is 5.02. The number of nitrogens with one attached hydrogen (secondary N) is 2. The number of benzene rings is 1. The van der Waals surface area contributed by atoms with E-state index in [0.29, 0.717) is 6.42 Å². The number of para-hydroxylation sites is 1. The van der Waals surface area contributed by atoms with E-state index in [4.69, 9.17) is 4.74 Å². The molecule has 0 radical (unpaired) electrons. The zero-order chi connectivity index (χ0) is 16.0. The van der Waals surface area contributed by atoms with Gasteiger partial charge in [-0.25, -0.2) is 0 Å². The Kier molecular flexibility index (Phi) is 5.83. The molecular formula is C18H28N2O2. The molecule has 0 aliphatic carbocycles. The lowest BCUT2D eigenvalue weighted by atomic mass is 9.81. The molecule has 0 unspecified atom stereocenters. The van der Waals surface area contributed by atoms with E-state index in [1.165, 1.54) is 0 Å². The highest BCUT2D eigenvalue weighted by molar-refractivity contribution is 5.79. The molecule has 2 rings (SSSR count). The van der Waals surface area contributed by atoms with Gasteiger partial charge in [0.2, 0.25) is 5.91 Å². The molecule has 0 saturated carbocycles. The molecule has 122 valence electrons. The van der Waals surface area contributed by atoms with Gasteiger partial charge >= 0.3 is 0 Å². The smallest absolute Gasteiger partial charge is 0.224 e. The van der Waals surface area contributed by atoms with Gasteiger partial charge in [0.15, 0.2) is 0 Å². The third-order valence-corrected chi connectivity index (χ3v) is 4.21. The molecule has 1 aliphatic rings. The lowest BCUT2D eigenvalue weighted by Crippen LogP contribution is -2.43. The second kappa shape index (κ2) is 7.63. The van der Waals surface area contributed by atoms with Crippen LogP contribution in [0.25, 0.3) is 0 Å². The second-order valence-electron chi connectivity index (χ2n) is 6.79. The van der Waals surface area contributed by atoms with Gasteiger partial charge in [0.05, 0.1) is 12.5 Å². The van der Waals surface area contributed by atoms with Crippen LogP contribution >= 0.6 is 0 Å². The molecular weight excluding hydrogens is 276 g/mol. The van der Waals surface area contributed by atoms with Crippen LogP contribution in [-0.2, 0) is 11.2 Å². The first-order chi connectivity index (χ1) is 10.5. The Labute approximate surface area is 133 Å². The SMILES string of the molecule is CC(C)Oc1ccccc1CC(=O)NCC1(C)CCNCC1. The molecule has 0 spiro atoms. The second-order valence-corrected chi connectivity index (χ2v) is 6.79. The normalized spacial score (nSPS) is 17.3. The van der Waals surface area contributed by atoms with Crippen LogP contribution in [0.15, 0.2) is 24.3 Å². The molecule has 4 nitrogen and oxygen atoms in total. The van der Waals surface area contributed by atoms with E-state index in [1.807, 2.05) is 38.1 Å². The van der Waals surface area contributed by atoms with Crippen molar-refractivity contribution in [3.05, 3.63) is 29.8 Å². The Morgan fingerprint density at radius 1 is 1.32 bits per heavy atom. The first-order valence-electron chi connectivity index (χ1n) is 8.20. The van der Waals surface area contributed by atoms with Gasteiger partial charge in [-0.05, 0) is 51.3 Å². The average Bonchev–Trinajstić information content (AvgIpc) is 2.48. The van der Waals surface area contributed by atoms with Crippen molar-refractivity contribution in [2.45, 2.75) is 46.1 Å². The van der Waals surface area contributed by atoms with E-state index in [2.05, 4.69) is 17.6 Å². The molecule has 1 amide bonds. The fourth-order valence-corrected chi connectivity index (χ4v) is 2.77. The first kappa shape index (κ1) is 16.8. The van der Waals surface area contributed by atoms with Gasteiger partial charge in [-0.3, -0.25) is 4.79 Å². The Hall–Kier alpha value is -1.55. The number of hydrogen-bond donors (Lipinski definition) is 2. The number of amides is 1. The summed E-state index contributed by atoms with van der Waals surface area (Å²) in [5.74, 6) is 0.875. The summed E-state index contributed by atoms with van der Waals surface area (Å²) in [6.07, 6.45) is 2.70. The number of ether oxygens (including phenoxy) is 1. The lowest BCUT2D eigenvalue weighted by molar-refractivity contribution is -0.121. The molecule has 1 aromatic rings. The maximum Gasteiger partial charge on any atom is 0.224 e. The minimum atomic E-state index is 0.0690. The zero-order valence-electron chi connectivity index (χ0n) is 13.9. The van der Waals surface area contributed by atoms with Gasteiger partial charge in [-0.1, -0.05) is 25.1 Å². The first-order valence-corrected chi connectivity index (χ1v) is 8.20. The lowest BCUT2D eigenvalue weighted by Gasteiger charge is -2.34. The van der Waals surface area contributed by atoms with Crippen LogP contribution in [0.5, 0.6) is 5.75 Å². The van der Waals surface area contributed by atoms with E-state index in [0.717, 1.165) is 43.8 Å². The van der Waals surface area contributed by atoms with Crippen molar-refractivity contribution < 1.29 is 9.53 Å². The maximum absolute atomic E-state index is 12.3. The summed E-state index contributed by atoms with van der Waals surface area (Å²) in [4.78, 5) is 12.3. The summed E-state index contributed by atoms with van der Waals surface area (Å²) in [5, 5.41) is 6.46. The predicted molar refractivity (Wildman–Crippen MR) is 89.1 cm³/mol. The number of hydrogen-bond acceptors (Lipinski definition) is 3. The van der Waals surface area contributed by atoms with Crippen molar-refractivity contribution in [2.75, 3.05) is 19.6 Å². The Morgan fingerprint density at radius 2 is 2.00 bits per heavy atom. The molecule has 1 heterocycles. The summed E-state index contributed by atoms with van der Waals surface area (Å²) in [6, 6.07) is 7.78. The molecule has 1 fully saturated rings. The van der Waals surface area contributed by atoms with E-state index >= 15 is 0 Å². The van der Waals surface area contributed by atoms with Gasteiger partial charge in [0.1, 0.15) is 5.75 Å². The molecule has 1 aliphatic heterocycles. The molecule has 1 saturated heterocycles. The Balaban J connectivity index is 1.89. The fourth-order valence-electron chi connectivity index (χ4n) is 2.77. The Morgan fingerprint density at radius 3 is 2.68 bits per heavy atom. The summed E-state index contributed by atoms with van der Waals surface area (Å²) in [5.41, 5.74) is 1.17. The van der Waals surface area contributed by atoms with E-state index in [1.54, 1.807) is 0 Å². The summed E-state index contributed by atoms with van der Waals surface area (Å²) >= 11 is 0. The predicted octanol–water partition coefficient (Wildman–Crippen LogP) is 2.52. The molecule has 1 aromatic carbocycles. The molecule has 4 heteroatoms. The zero-order valence-corrected chi connectivity index (χ0v) is 13.9. The average molecular weight is 304 g/mol. The highest BCUT2D eigenvalue weighted by atomic mass is 16.5. The highest BCUT2D eigenvalue weighted by Crippen LogP contribution is 2.27. The maximum atomic E-state index is 12.3. The van der Waals surface area contributed by atoms with E-state index in [9.17, 15) is 4.79 Å². The van der Waals surface area contributed by atoms with Crippen LogP contribution in [0.3, 0.4) is 0 Å². The highest BCUT2D eigenvalue weighted by Gasteiger charge is 2.27. The number of carbonyl (C=O) groups is 1. The summed E-state index contributed by atoms with van der Waals surface area (Å²) in [6.45, 7) is 9.07. The van der Waals surface area contributed by atoms with Crippen molar-refractivity contribution in [1.82, 2.24) is 10.6 Å². The number of piperidine rings is 1. The molecule has 2 N–H and O–H groups in total. The third-order valence-electron chi connectivity index (χ3n) is 4.21. The largest absolute Gasteiger partial charge is 0.491 e. The van der Waals surface area contributed by atoms with Crippen LogP contribution in [0.1, 0.15) is 39.2 Å². The minimum absolute atomic E-state index is 0.0690. The number of carbonyl (C=O) groups excluding carboxylic acids is 1. The van der Waals surface area contributed by atoms with Crippen LogP contribution in [-0.4, -0.2) is 31.6 Å². The monoisotopic (exact) mass is 304 g/mol. The van der Waals surface area contributed by atoms with Crippen LogP contribution in [0, 0.1) is 5.41 Å². The van der Waals surface area contributed by atoms with Gasteiger partial charge in [-0.15, -0.1) is 0 Å². The Bertz CT molecular complexity index is 494. The minimum Gasteiger partial charge on any atom is -0.491 e.